The highest BCUT2D eigenvalue weighted by Crippen LogP contribution is 2.29. The van der Waals surface area contributed by atoms with Gasteiger partial charge >= 0.3 is 0 Å². The van der Waals surface area contributed by atoms with Crippen LogP contribution in [0.2, 0.25) is 5.02 Å². The minimum atomic E-state index is 0.0965. The molecule has 1 amide bonds. The van der Waals surface area contributed by atoms with Gasteiger partial charge in [-0.25, -0.2) is 9.97 Å². The van der Waals surface area contributed by atoms with Crippen LogP contribution >= 0.6 is 11.6 Å². The second kappa shape index (κ2) is 6.37. The maximum atomic E-state index is 11.6. The van der Waals surface area contributed by atoms with Gasteiger partial charge in [-0.05, 0) is 24.3 Å². The Kier molecular flexibility index (Phi) is 4.08. The van der Waals surface area contributed by atoms with Crippen molar-refractivity contribution in [2.75, 3.05) is 24.5 Å². The van der Waals surface area contributed by atoms with Crippen molar-refractivity contribution in [1.82, 2.24) is 20.6 Å². The van der Waals surface area contributed by atoms with Gasteiger partial charge in [-0.15, -0.1) is 0 Å². The summed E-state index contributed by atoms with van der Waals surface area (Å²) in [5.41, 5.74) is 3.12. The van der Waals surface area contributed by atoms with Gasteiger partial charge in [0.1, 0.15) is 5.82 Å². The highest BCUT2D eigenvalue weighted by molar-refractivity contribution is 6.30. The van der Waals surface area contributed by atoms with Gasteiger partial charge < -0.3 is 15.5 Å². The Morgan fingerprint density at radius 1 is 1.08 bits per heavy atom. The molecule has 0 saturated carbocycles. The minimum Gasteiger partial charge on any atom is -0.354 e. The van der Waals surface area contributed by atoms with E-state index in [2.05, 4.69) is 15.5 Å². The van der Waals surface area contributed by atoms with Gasteiger partial charge in [0, 0.05) is 55.3 Å². The van der Waals surface area contributed by atoms with Crippen molar-refractivity contribution in [1.29, 1.82) is 0 Å². The molecule has 0 atom stereocenters. The number of nitrogens with one attached hydrogen (secondary N) is 2. The molecule has 1 saturated heterocycles. The van der Waals surface area contributed by atoms with Crippen molar-refractivity contribution in [3.63, 3.8) is 0 Å². The second-order valence-electron chi connectivity index (χ2n) is 5.99. The Balaban J connectivity index is 1.75. The molecule has 0 spiro atoms. The molecule has 2 aromatic rings. The van der Waals surface area contributed by atoms with Crippen LogP contribution in [-0.2, 0) is 17.9 Å². The van der Waals surface area contributed by atoms with Crippen molar-refractivity contribution in [3.8, 4) is 11.4 Å². The lowest BCUT2D eigenvalue weighted by molar-refractivity contribution is -0.120. The topological polar surface area (TPSA) is 70.2 Å². The largest absolute Gasteiger partial charge is 0.354 e. The number of benzene rings is 1. The Bertz CT molecular complexity index is 777. The molecule has 0 unspecified atom stereocenters. The summed E-state index contributed by atoms with van der Waals surface area (Å²) in [7, 11) is 0. The van der Waals surface area contributed by atoms with Crippen molar-refractivity contribution < 1.29 is 4.79 Å². The number of rotatable bonds is 2. The first-order valence-corrected chi connectivity index (χ1v) is 8.46. The molecule has 3 heterocycles. The number of carbonyl (C=O) groups is 1. The Morgan fingerprint density at radius 3 is 2.75 bits per heavy atom. The molecule has 2 aliphatic heterocycles. The smallest absolute Gasteiger partial charge is 0.221 e. The van der Waals surface area contributed by atoms with Crippen molar-refractivity contribution in [3.05, 3.63) is 40.5 Å². The first kappa shape index (κ1) is 15.4. The lowest BCUT2D eigenvalue weighted by Crippen LogP contribution is -2.30. The zero-order chi connectivity index (χ0) is 16.5. The molecule has 4 rings (SSSR count). The molecule has 7 heteroatoms. The maximum absolute atomic E-state index is 11.6. The van der Waals surface area contributed by atoms with Gasteiger partial charge in [-0.1, -0.05) is 11.6 Å². The number of fused-ring (bicyclic) bond motifs is 1. The van der Waals surface area contributed by atoms with Crippen LogP contribution in [0.5, 0.6) is 0 Å². The van der Waals surface area contributed by atoms with E-state index in [9.17, 15) is 4.79 Å². The summed E-state index contributed by atoms with van der Waals surface area (Å²) < 4.78 is 0. The SMILES string of the molecule is O=C1CCN(c2nc(-c3ccc(Cl)cc3)nc3c2CNC3)CCN1. The average Bonchev–Trinajstić information content (AvgIpc) is 2.96. The van der Waals surface area contributed by atoms with Crippen molar-refractivity contribution >= 4 is 23.3 Å². The Morgan fingerprint density at radius 2 is 1.92 bits per heavy atom. The van der Waals surface area contributed by atoms with E-state index in [1.54, 1.807) is 0 Å². The quantitative estimate of drug-likeness (QED) is 0.869. The lowest BCUT2D eigenvalue weighted by atomic mass is 10.1. The molecular weight excluding hydrogens is 326 g/mol. The molecule has 24 heavy (non-hydrogen) atoms. The van der Waals surface area contributed by atoms with E-state index in [0.717, 1.165) is 42.3 Å². The molecule has 124 valence electrons. The number of aromatic nitrogens is 2. The van der Waals surface area contributed by atoms with Gasteiger partial charge in [0.05, 0.1) is 5.69 Å². The number of hydrogen-bond donors (Lipinski definition) is 2. The molecule has 2 aliphatic rings. The summed E-state index contributed by atoms with van der Waals surface area (Å²) in [5, 5.41) is 6.95. The van der Waals surface area contributed by atoms with Gasteiger partial charge in [-0.2, -0.15) is 0 Å². The number of anilines is 1. The number of carbonyl (C=O) groups excluding carboxylic acids is 1. The molecule has 0 bridgehead atoms. The monoisotopic (exact) mass is 343 g/mol. The molecule has 0 aliphatic carbocycles. The number of hydrogen-bond acceptors (Lipinski definition) is 5. The van der Waals surface area contributed by atoms with Crippen molar-refractivity contribution in [2.24, 2.45) is 0 Å². The summed E-state index contributed by atoms with van der Waals surface area (Å²) in [6.07, 6.45) is 0.489. The zero-order valence-corrected chi connectivity index (χ0v) is 13.9. The third-order valence-corrected chi connectivity index (χ3v) is 4.63. The fraction of sp³-hybridized carbons (Fsp3) is 0.353. The summed E-state index contributed by atoms with van der Waals surface area (Å²) in [6.45, 7) is 3.59. The van der Waals surface area contributed by atoms with Crippen LogP contribution in [-0.4, -0.2) is 35.5 Å². The number of amides is 1. The summed E-state index contributed by atoms with van der Waals surface area (Å²) >= 11 is 5.98. The third-order valence-electron chi connectivity index (χ3n) is 4.38. The first-order chi connectivity index (χ1) is 11.7. The standard InChI is InChI=1S/C17H18ClN5O/c18-12-3-1-11(2-4-12)16-21-14-10-19-9-13(14)17(22-16)23-7-5-15(24)20-6-8-23/h1-4,19H,5-10H2,(H,20,24). The second-order valence-corrected chi connectivity index (χ2v) is 6.43. The molecule has 1 aromatic heterocycles. The van der Waals surface area contributed by atoms with E-state index in [-0.39, 0.29) is 5.91 Å². The van der Waals surface area contributed by atoms with Gasteiger partial charge in [0.2, 0.25) is 5.91 Å². The first-order valence-electron chi connectivity index (χ1n) is 8.09. The Hall–Kier alpha value is -2.18. The van der Waals surface area contributed by atoms with Crippen LogP contribution in [0.4, 0.5) is 5.82 Å². The van der Waals surface area contributed by atoms with Crippen LogP contribution in [0.15, 0.2) is 24.3 Å². The third kappa shape index (κ3) is 2.95. The highest BCUT2D eigenvalue weighted by Gasteiger charge is 2.24. The van der Waals surface area contributed by atoms with Crippen LogP contribution in [0.1, 0.15) is 17.7 Å². The summed E-state index contributed by atoms with van der Waals surface area (Å²) in [6, 6.07) is 7.56. The molecule has 2 N–H and O–H groups in total. The molecular formula is C17H18ClN5O. The van der Waals surface area contributed by atoms with Crippen LogP contribution in [0, 0.1) is 0 Å². The van der Waals surface area contributed by atoms with E-state index < -0.39 is 0 Å². The molecule has 1 aromatic carbocycles. The van der Waals surface area contributed by atoms with E-state index in [0.29, 0.717) is 30.4 Å². The van der Waals surface area contributed by atoms with Gasteiger partial charge in [-0.3, -0.25) is 4.79 Å². The lowest BCUT2D eigenvalue weighted by Gasteiger charge is -2.23. The predicted molar refractivity (Wildman–Crippen MR) is 92.9 cm³/mol. The van der Waals surface area contributed by atoms with E-state index in [4.69, 9.17) is 21.6 Å². The van der Waals surface area contributed by atoms with E-state index >= 15 is 0 Å². The molecule has 6 nitrogen and oxygen atoms in total. The van der Waals surface area contributed by atoms with Gasteiger partial charge in [0.15, 0.2) is 5.82 Å². The van der Waals surface area contributed by atoms with Crippen LogP contribution < -0.4 is 15.5 Å². The zero-order valence-electron chi connectivity index (χ0n) is 13.2. The summed E-state index contributed by atoms with van der Waals surface area (Å²) in [5.74, 6) is 1.73. The minimum absolute atomic E-state index is 0.0965. The Labute approximate surface area is 145 Å². The summed E-state index contributed by atoms with van der Waals surface area (Å²) in [4.78, 5) is 23.4. The predicted octanol–water partition coefficient (Wildman–Crippen LogP) is 1.73. The molecule has 1 fully saturated rings. The normalized spacial score (nSPS) is 17.4. The average molecular weight is 344 g/mol. The van der Waals surface area contributed by atoms with Crippen molar-refractivity contribution in [2.45, 2.75) is 19.5 Å². The highest BCUT2D eigenvalue weighted by atomic mass is 35.5. The van der Waals surface area contributed by atoms with E-state index in [1.807, 2.05) is 24.3 Å². The van der Waals surface area contributed by atoms with Crippen LogP contribution in [0.25, 0.3) is 11.4 Å². The molecule has 0 radical (unpaired) electrons. The number of halogens is 1. The fourth-order valence-corrected chi connectivity index (χ4v) is 3.24. The van der Waals surface area contributed by atoms with Gasteiger partial charge in [0.25, 0.3) is 0 Å². The number of nitrogens with zero attached hydrogens (tertiary/aromatic N) is 3. The fourth-order valence-electron chi connectivity index (χ4n) is 3.12. The van der Waals surface area contributed by atoms with Crippen LogP contribution in [0.3, 0.4) is 0 Å². The van der Waals surface area contributed by atoms with E-state index in [1.165, 1.54) is 0 Å². The maximum Gasteiger partial charge on any atom is 0.221 e.